The van der Waals surface area contributed by atoms with Gasteiger partial charge in [0, 0.05) is 12.5 Å². The predicted molar refractivity (Wildman–Crippen MR) is 68.2 cm³/mol. The number of hydrogen-bond acceptors (Lipinski definition) is 4. The second-order valence-corrected chi connectivity index (χ2v) is 8.73. The fourth-order valence-electron chi connectivity index (χ4n) is 3.27. The Bertz CT molecular complexity index is 435. The molecule has 0 aromatic rings. The molecule has 1 aliphatic heterocycles. The molecule has 2 atom stereocenters. The van der Waals surface area contributed by atoms with E-state index in [1.807, 2.05) is 0 Å². The van der Waals surface area contributed by atoms with Crippen LogP contribution < -0.4 is 0 Å². The molecule has 0 aromatic heterocycles. The minimum absolute atomic E-state index is 0.115. The van der Waals surface area contributed by atoms with Gasteiger partial charge in [0.25, 0.3) is 0 Å². The maximum absolute atomic E-state index is 12.0. The van der Waals surface area contributed by atoms with E-state index in [2.05, 4.69) is 0 Å². The van der Waals surface area contributed by atoms with Crippen LogP contribution in [-0.2, 0) is 19.4 Å². The van der Waals surface area contributed by atoms with Crippen LogP contribution in [0.4, 0.5) is 0 Å². The third-order valence-electron chi connectivity index (χ3n) is 4.35. The van der Waals surface area contributed by atoms with E-state index in [0.29, 0.717) is 6.42 Å². The van der Waals surface area contributed by atoms with Crippen molar-refractivity contribution in [1.82, 2.24) is 0 Å². The fourth-order valence-corrected chi connectivity index (χ4v) is 5.20. The Labute approximate surface area is 108 Å². The van der Waals surface area contributed by atoms with Crippen molar-refractivity contribution in [1.29, 1.82) is 0 Å². The van der Waals surface area contributed by atoms with Crippen LogP contribution in [0.25, 0.3) is 0 Å². The summed E-state index contributed by atoms with van der Waals surface area (Å²) in [7, 11) is -1.83. The van der Waals surface area contributed by atoms with Crippen molar-refractivity contribution in [2.75, 3.05) is 12.9 Å². The molecule has 0 amide bonds. The summed E-state index contributed by atoms with van der Waals surface area (Å²) in [5, 5.41) is 9.20. The zero-order valence-corrected chi connectivity index (χ0v) is 12.4. The van der Waals surface area contributed by atoms with E-state index in [1.165, 1.54) is 7.11 Å². The van der Waals surface area contributed by atoms with Gasteiger partial charge in [-0.25, -0.2) is 13.2 Å². The Balaban J connectivity index is 3.18. The maximum Gasteiger partial charge on any atom is 0.333 e. The van der Waals surface area contributed by atoms with Crippen LogP contribution in [-0.4, -0.2) is 43.2 Å². The van der Waals surface area contributed by atoms with Gasteiger partial charge in [0.1, 0.15) is 0 Å². The second-order valence-electron chi connectivity index (χ2n) is 6.04. The molecule has 0 bridgehead atoms. The summed E-state index contributed by atoms with van der Waals surface area (Å²) in [6.07, 6.45) is -0.523. The van der Waals surface area contributed by atoms with Crippen molar-refractivity contribution in [2.24, 2.45) is 11.3 Å². The summed E-state index contributed by atoms with van der Waals surface area (Å²) < 4.78 is 28.2. The summed E-state index contributed by atoms with van der Waals surface area (Å²) in [6, 6.07) is 0. The van der Waals surface area contributed by atoms with Crippen molar-refractivity contribution in [3.05, 3.63) is 0 Å². The van der Waals surface area contributed by atoms with Crippen molar-refractivity contribution < 1.29 is 23.1 Å². The van der Waals surface area contributed by atoms with Crippen LogP contribution in [0.15, 0.2) is 0 Å². The molecule has 0 aromatic carbocycles. The van der Waals surface area contributed by atoms with E-state index in [4.69, 9.17) is 4.74 Å². The maximum atomic E-state index is 12.0. The van der Waals surface area contributed by atoms with Crippen LogP contribution in [0.1, 0.15) is 34.1 Å². The molecule has 1 aliphatic rings. The molecular formula is C12H22O5S. The van der Waals surface area contributed by atoms with Gasteiger partial charge in [0.2, 0.25) is 0 Å². The molecule has 106 valence electrons. The number of methoxy groups -OCH3 is 1. The number of rotatable bonds is 4. The number of aliphatic carboxylic acids is 1. The minimum atomic E-state index is -3.17. The van der Waals surface area contributed by atoms with Gasteiger partial charge >= 0.3 is 5.97 Å². The van der Waals surface area contributed by atoms with Crippen LogP contribution in [0.5, 0.6) is 0 Å². The molecule has 1 saturated heterocycles. The lowest BCUT2D eigenvalue weighted by Crippen LogP contribution is -2.50. The van der Waals surface area contributed by atoms with E-state index in [1.54, 1.807) is 27.7 Å². The van der Waals surface area contributed by atoms with E-state index < -0.39 is 32.1 Å². The third-order valence-corrected chi connectivity index (χ3v) is 7.01. The molecule has 0 radical (unpaired) electrons. The molecule has 6 heteroatoms. The number of carbonyl (C=O) groups is 1. The minimum Gasteiger partial charge on any atom is -0.479 e. The summed E-state index contributed by atoms with van der Waals surface area (Å²) in [5.74, 6) is -1.18. The topological polar surface area (TPSA) is 80.7 Å². The van der Waals surface area contributed by atoms with Crippen molar-refractivity contribution >= 4 is 15.8 Å². The van der Waals surface area contributed by atoms with Crippen LogP contribution in [0.2, 0.25) is 0 Å². The molecule has 5 nitrogen and oxygen atoms in total. The Kier molecular flexibility index (Phi) is 3.85. The standard InChI is InChI=1S/C12H22O5S/c1-11(2,9(17-5)10(13)14)8-6-7-18(15,16)12(8,3)4/h8-9H,6-7H2,1-5H3,(H,13,14). The average Bonchev–Trinajstić information content (AvgIpc) is 2.36. The Morgan fingerprint density at radius 3 is 2.22 bits per heavy atom. The highest BCUT2D eigenvalue weighted by Crippen LogP contribution is 2.49. The first-order chi connectivity index (χ1) is 7.98. The van der Waals surface area contributed by atoms with Crippen molar-refractivity contribution in [3.8, 4) is 0 Å². The van der Waals surface area contributed by atoms with Gasteiger partial charge in [-0.15, -0.1) is 0 Å². The van der Waals surface area contributed by atoms with Crippen LogP contribution in [0, 0.1) is 11.3 Å². The van der Waals surface area contributed by atoms with E-state index in [-0.39, 0.29) is 11.7 Å². The number of carboxylic acids is 1. The van der Waals surface area contributed by atoms with Gasteiger partial charge < -0.3 is 9.84 Å². The Morgan fingerprint density at radius 2 is 1.94 bits per heavy atom. The first kappa shape index (κ1) is 15.4. The zero-order chi connectivity index (χ0) is 14.4. The summed E-state index contributed by atoms with van der Waals surface area (Å²) in [4.78, 5) is 11.2. The van der Waals surface area contributed by atoms with Crippen molar-refractivity contribution in [3.63, 3.8) is 0 Å². The molecule has 1 N–H and O–H groups in total. The monoisotopic (exact) mass is 278 g/mol. The van der Waals surface area contributed by atoms with Gasteiger partial charge in [-0.3, -0.25) is 0 Å². The number of ether oxygens (including phenoxy) is 1. The highest BCUT2D eigenvalue weighted by Gasteiger charge is 2.56. The van der Waals surface area contributed by atoms with Gasteiger partial charge in [-0.2, -0.15) is 0 Å². The molecule has 1 heterocycles. The Morgan fingerprint density at radius 1 is 1.44 bits per heavy atom. The van der Waals surface area contributed by atoms with Gasteiger partial charge in [0.15, 0.2) is 15.9 Å². The van der Waals surface area contributed by atoms with Crippen molar-refractivity contribution in [2.45, 2.75) is 45.0 Å². The third kappa shape index (κ3) is 2.16. The fraction of sp³-hybridized carbons (Fsp3) is 0.917. The molecule has 2 unspecified atom stereocenters. The molecule has 0 aliphatic carbocycles. The number of sulfone groups is 1. The molecular weight excluding hydrogens is 256 g/mol. The first-order valence-electron chi connectivity index (χ1n) is 5.96. The highest BCUT2D eigenvalue weighted by molar-refractivity contribution is 7.93. The molecule has 1 rings (SSSR count). The molecule has 18 heavy (non-hydrogen) atoms. The zero-order valence-electron chi connectivity index (χ0n) is 11.6. The summed E-state index contributed by atoms with van der Waals surface area (Å²) in [6.45, 7) is 6.89. The van der Waals surface area contributed by atoms with E-state index in [9.17, 15) is 18.3 Å². The largest absolute Gasteiger partial charge is 0.479 e. The molecule has 0 saturated carbocycles. The lowest BCUT2D eigenvalue weighted by molar-refractivity contribution is -0.159. The SMILES string of the molecule is COC(C(=O)O)C(C)(C)C1CCS(=O)(=O)C1(C)C. The smallest absolute Gasteiger partial charge is 0.333 e. The quantitative estimate of drug-likeness (QED) is 0.839. The normalized spacial score (nSPS) is 27.9. The predicted octanol–water partition coefficient (Wildman–Crippen LogP) is 1.33. The number of hydrogen-bond donors (Lipinski definition) is 1. The highest BCUT2D eigenvalue weighted by atomic mass is 32.2. The van der Waals surface area contributed by atoms with Gasteiger partial charge in [-0.1, -0.05) is 13.8 Å². The lowest BCUT2D eigenvalue weighted by Gasteiger charge is -2.41. The molecule has 1 fully saturated rings. The van der Waals surface area contributed by atoms with Gasteiger partial charge in [-0.05, 0) is 26.2 Å². The lowest BCUT2D eigenvalue weighted by atomic mass is 9.68. The first-order valence-corrected chi connectivity index (χ1v) is 7.61. The number of carboxylic acid groups (broad SMARTS) is 1. The van der Waals surface area contributed by atoms with Crippen LogP contribution in [0.3, 0.4) is 0 Å². The molecule has 0 spiro atoms. The van der Waals surface area contributed by atoms with E-state index >= 15 is 0 Å². The second kappa shape index (κ2) is 4.49. The summed E-state index contributed by atoms with van der Waals surface area (Å²) in [5.41, 5.74) is -0.742. The Hall–Kier alpha value is -0.620. The van der Waals surface area contributed by atoms with E-state index in [0.717, 1.165) is 0 Å². The average molecular weight is 278 g/mol. The summed E-state index contributed by atoms with van der Waals surface area (Å²) >= 11 is 0. The van der Waals surface area contributed by atoms with Gasteiger partial charge in [0.05, 0.1) is 10.5 Å². The van der Waals surface area contributed by atoms with Crippen LogP contribution >= 0.6 is 0 Å².